The first-order valence-electron chi connectivity index (χ1n) is 8.86. The lowest BCUT2D eigenvalue weighted by Crippen LogP contribution is -2.38. The molecule has 0 aliphatic carbocycles. The summed E-state index contributed by atoms with van der Waals surface area (Å²) in [4.78, 5) is 26.9. The van der Waals surface area contributed by atoms with Gasteiger partial charge in [0.05, 0.1) is 5.69 Å². The Morgan fingerprint density at radius 3 is 2.56 bits per heavy atom. The normalized spacial score (nSPS) is 15.2. The molecule has 27 heavy (non-hydrogen) atoms. The van der Waals surface area contributed by atoms with E-state index in [1.54, 1.807) is 22.6 Å². The van der Waals surface area contributed by atoms with E-state index >= 15 is 0 Å². The van der Waals surface area contributed by atoms with E-state index in [0.717, 1.165) is 24.4 Å². The van der Waals surface area contributed by atoms with Crippen LogP contribution >= 0.6 is 0 Å². The number of piperidine rings is 1. The molecule has 9 nitrogen and oxygen atoms in total. The number of amides is 1. The van der Waals surface area contributed by atoms with Crippen LogP contribution in [0.2, 0.25) is 0 Å². The van der Waals surface area contributed by atoms with Crippen molar-refractivity contribution in [3.8, 4) is 5.69 Å². The summed E-state index contributed by atoms with van der Waals surface area (Å²) in [6.45, 7) is 1.17. The molecule has 0 spiro atoms. The number of nitrogens with two attached hydrogens (primary N) is 1. The first-order valence-corrected chi connectivity index (χ1v) is 8.86. The van der Waals surface area contributed by atoms with Crippen molar-refractivity contribution >= 4 is 11.7 Å². The third kappa shape index (κ3) is 3.12. The molecule has 1 aliphatic rings. The Morgan fingerprint density at radius 2 is 1.93 bits per heavy atom. The molecule has 1 aliphatic heterocycles. The van der Waals surface area contributed by atoms with Crippen LogP contribution in [0.4, 0.5) is 5.82 Å². The Bertz CT molecular complexity index is 1010. The number of hydrogen-bond donors (Lipinski definition) is 2. The quantitative estimate of drug-likeness (QED) is 0.714. The van der Waals surface area contributed by atoms with Gasteiger partial charge in [-0.1, -0.05) is 18.2 Å². The number of aryl methyl sites for hydroxylation is 1. The van der Waals surface area contributed by atoms with E-state index < -0.39 is 0 Å². The molecule has 9 heteroatoms. The van der Waals surface area contributed by atoms with Crippen molar-refractivity contribution < 1.29 is 4.79 Å². The van der Waals surface area contributed by atoms with E-state index in [1.807, 2.05) is 30.3 Å². The highest BCUT2D eigenvalue weighted by Gasteiger charge is 2.29. The van der Waals surface area contributed by atoms with Gasteiger partial charge in [-0.15, -0.1) is 0 Å². The molecule has 3 N–H and O–H groups in total. The van der Waals surface area contributed by atoms with E-state index in [1.165, 1.54) is 4.68 Å². The van der Waals surface area contributed by atoms with Gasteiger partial charge in [0.15, 0.2) is 0 Å². The molecule has 3 aromatic rings. The number of aromatic nitrogens is 5. The summed E-state index contributed by atoms with van der Waals surface area (Å²) in [7, 11) is 1.66. The molecule has 0 atom stereocenters. The second-order valence-electron chi connectivity index (χ2n) is 6.71. The van der Waals surface area contributed by atoms with Gasteiger partial charge in [0.2, 0.25) is 0 Å². The highest BCUT2D eigenvalue weighted by Crippen LogP contribution is 2.28. The maximum atomic E-state index is 12.6. The molecular formula is C18H21N7O2. The number of nitrogen functional groups attached to an aromatic ring is 1. The van der Waals surface area contributed by atoms with Gasteiger partial charge in [0.1, 0.15) is 17.3 Å². The van der Waals surface area contributed by atoms with Gasteiger partial charge in [-0.2, -0.15) is 10.2 Å². The fraction of sp³-hybridized carbons (Fsp3) is 0.333. The second-order valence-corrected chi connectivity index (χ2v) is 6.71. The summed E-state index contributed by atoms with van der Waals surface area (Å²) in [5, 5.41) is 10.9. The SMILES string of the molecule is Cn1nc(C2CCN(C(=O)c3cc(N)n[nH]3)CC2)n(-c2ccccc2)c1=O. The molecule has 0 saturated carbocycles. The Labute approximate surface area is 155 Å². The minimum absolute atomic E-state index is 0.106. The fourth-order valence-corrected chi connectivity index (χ4v) is 3.53. The summed E-state index contributed by atoms with van der Waals surface area (Å²) < 4.78 is 3.03. The van der Waals surface area contributed by atoms with Crippen LogP contribution in [0.3, 0.4) is 0 Å². The Kier molecular flexibility index (Phi) is 4.27. The molecule has 0 radical (unpaired) electrons. The van der Waals surface area contributed by atoms with Crippen LogP contribution in [0.25, 0.3) is 5.69 Å². The first kappa shape index (κ1) is 17.1. The van der Waals surface area contributed by atoms with Crippen molar-refractivity contribution in [2.75, 3.05) is 18.8 Å². The second kappa shape index (κ2) is 6.75. The number of rotatable bonds is 3. The highest BCUT2D eigenvalue weighted by atomic mass is 16.2. The van der Waals surface area contributed by atoms with Crippen LogP contribution in [0, 0.1) is 0 Å². The lowest BCUT2D eigenvalue weighted by atomic mass is 9.95. The zero-order valence-electron chi connectivity index (χ0n) is 15.0. The van der Waals surface area contributed by atoms with Crippen LogP contribution in [-0.4, -0.2) is 48.4 Å². The van der Waals surface area contributed by atoms with Crippen molar-refractivity contribution in [2.24, 2.45) is 7.05 Å². The lowest BCUT2D eigenvalue weighted by Gasteiger charge is -2.31. The smallest absolute Gasteiger partial charge is 0.350 e. The van der Waals surface area contributed by atoms with E-state index in [4.69, 9.17) is 5.73 Å². The van der Waals surface area contributed by atoms with Gasteiger partial charge < -0.3 is 10.6 Å². The van der Waals surface area contributed by atoms with E-state index in [2.05, 4.69) is 15.3 Å². The summed E-state index contributed by atoms with van der Waals surface area (Å²) >= 11 is 0. The maximum absolute atomic E-state index is 12.6. The minimum atomic E-state index is -0.164. The number of carbonyl (C=O) groups is 1. The number of para-hydroxylation sites is 1. The van der Waals surface area contributed by atoms with Gasteiger partial charge in [-0.25, -0.2) is 14.0 Å². The van der Waals surface area contributed by atoms with Crippen LogP contribution in [0.5, 0.6) is 0 Å². The van der Waals surface area contributed by atoms with Gasteiger partial charge in [0.25, 0.3) is 5.91 Å². The lowest BCUT2D eigenvalue weighted by molar-refractivity contribution is 0.0704. The average molecular weight is 367 g/mol. The number of nitrogens with zero attached hydrogens (tertiary/aromatic N) is 5. The molecule has 4 rings (SSSR count). The van der Waals surface area contributed by atoms with Gasteiger partial charge >= 0.3 is 5.69 Å². The topological polar surface area (TPSA) is 115 Å². The standard InChI is InChI=1S/C18H21N7O2/c1-23-18(27)25(13-5-3-2-4-6-13)16(22-23)12-7-9-24(10-8-12)17(26)14-11-15(19)21-20-14/h2-6,11-12H,7-10H2,1H3,(H3,19,20,21). The third-order valence-corrected chi connectivity index (χ3v) is 4.94. The monoisotopic (exact) mass is 367 g/mol. The van der Waals surface area contributed by atoms with Crippen LogP contribution in [-0.2, 0) is 7.05 Å². The zero-order valence-corrected chi connectivity index (χ0v) is 15.0. The number of anilines is 1. The van der Waals surface area contributed by atoms with Crippen molar-refractivity contribution in [2.45, 2.75) is 18.8 Å². The van der Waals surface area contributed by atoms with Crippen molar-refractivity contribution in [1.82, 2.24) is 29.4 Å². The summed E-state index contributed by atoms with van der Waals surface area (Å²) in [5.74, 6) is 1.04. The number of benzene rings is 1. The number of aromatic amines is 1. The summed E-state index contributed by atoms with van der Waals surface area (Å²) in [6.07, 6.45) is 1.47. The Morgan fingerprint density at radius 1 is 1.22 bits per heavy atom. The average Bonchev–Trinajstić information content (AvgIpc) is 3.26. The molecule has 1 fully saturated rings. The number of carbonyl (C=O) groups excluding carboxylic acids is 1. The highest BCUT2D eigenvalue weighted by molar-refractivity contribution is 5.93. The van der Waals surface area contributed by atoms with E-state index in [0.29, 0.717) is 24.6 Å². The molecule has 1 amide bonds. The van der Waals surface area contributed by atoms with E-state index in [-0.39, 0.29) is 17.5 Å². The van der Waals surface area contributed by atoms with Crippen LogP contribution in [0.15, 0.2) is 41.2 Å². The van der Waals surface area contributed by atoms with Gasteiger partial charge in [-0.3, -0.25) is 9.89 Å². The summed E-state index contributed by atoms with van der Waals surface area (Å²) in [5.41, 5.74) is 6.61. The predicted octanol–water partition coefficient (Wildman–Crippen LogP) is 0.896. The van der Waals surface area contributed by atoms with Gasteiger partial charge in [-0.05, 0) is 25.0 Å². The fourth-order valence-electron chi connectivity index (χ4n) is 3.53. The summed E-state index contributed by atoms with van der Waals surface area (Å²) in [6, 6.07) is 11.0. The third-order valence-electron chi connectivity index (χ3n) is 4.94. The number of nitrogens with one attached hydrogen (secondary N) is 1. The Hall–Kier alpha value is -3.36. The van der Waals surface area contributed by atoms with Crippen molar-refractivity contribution in [3.63, 3.8) is 0 Å². The maximum Gasteiger partial charge on any atom is 0.350 e. The molecule has 2 aromatic heterocycles. The van der Waals surface area contributed by atoms with Gasteiger partial charge in [0, 0.05) is 32.1 Å². The molecule has 1 aromatic carbocycles. The minimum Gasteiger partial charge on any atom is -0.382 e. The Balaban J connectivity index is 1.55. The predicted molar refractivity (Wildman–Crippen MR) is 99.7 cm³/mol. The largest absolute Gasteiger partial charge is 0.382 e. The van der Waals surface area contributed by atoms with Crippen LogP contribution in [0.1, 0.15) is 35.1 Å². The molecular weight excluding hydrogens is 346 g/mol. The molecule has 140 valence electrons. The number of hydrogen-bond acceptors (Lipinski definition) is 5. The molecule has 0 bridgehead atoms. The van der Waals surface area contributed by atoms with Crippen molar-refractivity contribution in [3.05, 3.63) is 58.4 Å². The number of H-pyrrole nitrogens is 1. The molecule has 1 saturated heterocycles. The van der Waals surface area contributed by atoms with Crippen molar-refractivity contribution in [1.29, 1.82) is 0 Å². The zero-order chi connectivity index (χ0) is 19.0. The van der Waals surface area contributed by atoms with E-state index in [9.17, 15) is 9.59 Å². The molecule has 0 unspecified atom stereocenters. The first-order chi connectivity index (χ1) is 13.0. The molecule has 3 heterocycles. The number of likely N-dealkylation sites (tertiary alicyclic amines) is 1. The van der Waals surface area contributed by atoms with Crippen LogP contribution < -0.4 is 11.4 Å².